The highest BCUT2D eigenvalue weighted by atomic mass is 16.5. The monoisotopic (exact) mass is 216 g/mol. The number of rotatable bonds is 2. The van der Waals surface area contributed by atoms with Crippen LogP contribution in [0.1, 0.15) is 5.56 Å². The molecule has 1 aromatic carbocycles. The van der Waals surface area contributed by atoms with Crippen molar-refractivity contribution in [3.63, 3.8) is 0 Å². The third-order valence-corrected chi connectivity index (χ3v) is 2.39. The summed E-state index contributed by atoms with van der Waals surface area (Å²) in [6.45, 7) is 1.96. The van der Waals surface area contributed by atoms with E-state index in [9.17, 15) is 4.79 Å². The second-order valence-electron chi connectivity index (χ2n) is 3.48. The first-order valence-corrected chi connectivity index (χ1v) is 4.90. The number of nitrogens with one attached hydrogen (secondary N) is 1. The van der Waals surface area contributed by atoms with E-state index in [0.717, 1.165) is 16.9 Å². The third kappa shape index (κ3) is 1.95. The lowest BCUT2D eigenvalue weighted by Crippen LogP contribution is -2.04. The minimum atomic E-state index is -0.153. The summed E-state index contributed by atoms with van der Waals surface area (Å²) in [6, 6.07) is 7.15. The van der Waals surface area contributed by atoms with Crippen molar-refractivity contribution < 1.29 is 4.74 Å². The van der Waals surface area contributed by atoms with E-state index >= 15 is 0 Å². The van der Waals surface area contributed by atoms with E-state index in [1.165, 1.54) is 12.4 Å². The maximum atomic E-state index is 11.2. The summed E-state index contributed by atoms with van der Waals surface area (Å²) in [5.74, 6) is 0.797. The molecule has 16 heavy (non-hydrogen) atoms. The zero-order chi connectivity index (χ0) is 11.5. The fourth-order valence-corrected chi connectivity index (χ4v) is 1.57. The minimum Gasteiger partial charge on any atom is -0.497 e. The van der Waals surface area contributed by atoms with Gasteiger partial charge in [0.25, 0.3) is 5.56 Å². The number of methoxy groups -OCH3 is 1. The van der Waals surface area contributed by atoms with Crippen LogP contribution in [0.15, 0.2) is 35.4 Å². The summed E-state index contributed by atoms with van der Waals surface area (Å²) in [7, 11) is 1.62. The molecule has 0 spiro atoms. The van der Waals surface area contributed by atoms with Crippen LogP contribution in [-0.4, -0.2) is 17.1 Å². The topological polar surface area (TPSA) is 55.0 Å². The molecule has 2 aromatic rings. The van der Waals surface area contributed by atoms with Crippen molar-refractivity contribution in [3.05, 3.63) is 46.5 Å². The van der Waals surface area contributed by atoms with E-state index in [2.05, 4.69) is 9.97 Å². The number of hydrogen-bond donors (Lipinski definition) is 1. The Morgan fingerprint density at radius 2 is 2.12 bits per heavy atom. The van der Waals surface area contributed by atoms with Gasteiger partial charge in [0.15, 0.2) is 0 Å². The van der Waals surface area contributed by atoms with Crippen molar-refractivity contribution in [1.82, 2.24) is 9.97 Å². The fourth-order valence-electron chi connectivity index (χ4n) is 1.57. The van der Waals surface area contributed by atoms with Gasteiger partial charge >= 0.3 is 0 Å². The second kappa shape index (κ2) is 4.18. The molecule has 0 fully saturated rings. The SMILES string of the molecule is COc1ccc(-c2cc(=O)[nH]cn2)c(C)c1. The molecule has 1 heterocycles. The highest BCUT2D eigenvalue weighted by Gasteiger charge is 2.04. The predicted octanol–water partition coefficient (Wildman–Crippen LogP) is 1.75. The number of benzene rings is 1. The van der Waals surface area contributed by atoms with Crippen LogP contribution in [0, 0.1) is 6.92 Å². The Balaban J connectivity index is 2.52. The van der Waals surface area contributed by atoms with Crippen LogP contribution in [0.4, 0.5) is 0 Å². The molecule has 82 valence electrons. The molecule has 0 radical (unpaired) electrons. The van der Waals surface area contributed by atoms with Gasteiger partial charge in [-0.3, -0.25) is 4.79 Å². The molecule has 0 bridgehead atoms. The van der Waals surface area contributed by atoms with E-state index in [-0.39, 0.29) is 5.56 Å². The highest BCUT2D eigenvalue weighted by molar-refractivity contribution is 5.64. The molecule has 2 rings (SSSR count). The Hall–Kier alpha value is -2.10. The normalized spacial score (nSPS) is 10.1. The molecule has 0 aliphatic rings. The lowest BCUT2D eigenvalue weighted by Gasteiger charge is -2.06. The molecule has 4 nitrogen and oxygen atoms in total. The second-order valence-corrected chi connectivity index (χ2v) is 3.48. The maximum absolute atomic E-state index is 11.2. The van der Waals surface area contributed by atoms with Crippen molar-refractivity contribution >= 4 is 0 Å². The van der Waals surface area contributed by atoms with E-state index in [1.807, 2.05) is 25.1 Å². The largest absolute Gasteiger partial charge is 0.497 e. The van der Waals surface area contributed by atoms with Gasteiger partial charge in [0, 0.05) is 11.6 Å². The fraction of sp³-hybridized carbons (Fsp3) is 0.167. The molecule has 0 amide bonds. The average molecular weight is 216 g/mol. The van der Waals surface area contributed by atoms with E-state index < -0.39 is 0 Å². The Morgan fingerprint density at radius 3 is 2.75 bits per heavy atom. The number of hydrogen-bond acceptors (Lipinski definition) is 3. The smallest absolute Gasteiger partial charge is 0.251 e. The Labute approximate surface area is 92.9 Å². The van der Waals surface area contributed by atoms with Crippen molar-refractivity contribution in [2.75, 3.05) is 7.11 Å². The molecular formula is C12H12N2O2. The van der Waals surface area contributed by atoms with E-state index in [0.29, 0.717) is 5.69 Å². The summed E-state index contributed by atoms with van der Waals surface area (Å²) in [6.07, 6.45) is 1.40. The van der Waals surface area contributed by atoms with Crippen LogP contribution in [-0.2, 0) is 0 Å². The number of ether oxygens (including phenoxy) is 1. The lowest BCUT2D eigenvalue weighted by molar-refractivity contribution is 0.414. The first-order chi connectivity index (χ1) is 7.70. The van der Waals surface area contributed by atoms with Gasteiger partial charge in [0.2, 0.25) is 0 Å². The van der Waals surface area contributed by atoms with Gasteiger partial charge in [-0.25, -0.2) is 4.98 Å². The molecule has 0 aliphatic heterocycles. The van der Waals surface area contributed by atoms with E-state index in [1.54, 1.807) is 7.11 Å². The lowest BCUT2D eigenvalue weighted by atomic mass is 10.1. The van der Waals surface area contributed by atoms with Crippen LogP contribution in [0.3, 0.4) is 0 Å². The standard InChI is InChI=1S/C12H12N2O2/c1-8-5-9(16-2)3-4-10(8)11-6-12(15)14-7-13-11/h3-7H,1-2H3,(H,13,14,15). The molecule has 0 saturated carbocycles. The molecule has 0 aliphatic carbocycles. The van der Waals surface area contributed by atoms with Gasteiger partial charge in [-0.2, -0.15) is 0 Å². The molecule has 1 N–H and O–H groups in total. The highest BCUT2D eigenvalue weighted by Crippen LogP contribution is 2.24. The van der Waals surface area contributed by atoms with Crippen LogP contribution in [0.5, 0.6) is 5.75 Å². The van der Waals surface area contributed by atoms with Gasteiger partial charge in [-0.1, -0.05) is 0 Å². The minimum absolute atomic E-state index is 0.153. The molecule has 4 heteroatoms. The van der Waals surface area contributed by atoms with Gasteiger partial charge in [-0.15, -0.1) is 0 Å². The van der Waals surface area contributed by atoms with Crippen LogP contribution in [0.2, 0.25) is 0 Å². The first-order valence-electron chi connectivity index (χ1n) is 4.90. The Bertz CT molecular complexity index is 561. The molecule has 0 saturated heterocycles. The van der Waals surface area contributed by atoms with Crippen molar-refractivity contribution in [2.24, 2.45) is 0 Å². The number of aromatic amines is 1. The number of H-pyrrole nitrogens is 1. The predicted molar refractivity (Wildman–Crippen MR) is 61.6 cm³/mol. The van der Waals surface area contributed by atoms with Crippen LogP contribution >= 0.6 is 0 Å². The summed E-state index contributed by atoms with van der Waals surface area (Å²) in [5.41, 5.74) is 2.48. The quantitative estimate of drug-likeness (QED) is 0.832. The Morgan fingerprint density at radius 1 is 1.31 bits per heavy atom. The summed E-state index contributed by atoms with van der Waals surface area (Å²) >= 11 is 0. The molecule has 0 atom stereocenters. The molecule has 0 unspecified atom stereocenters. The number of aromatic nitrogens is 2. The van der Waals surface area contributed by atoms with Gasteiger partial charge in [0.1, 0.15) is 5.75 Å². The van der Waals surface area contributed by atoms with Crippen molar-refractivity contribution in [2.45, 2.75) is 6.92 Å². The van der Waals surface area contributed by atoms with E-state index in [4.69, 9.17) is 4.74 Å². The number of aryl methyl sites for hydroxylation is 1. The molecule has 1 aromatic heterocycles. The van der Waals surface area contributed by atoms with Crippen molar-refractivity contribution in [1.29, 1.82) is 0 Å². The zero-order valence-electron chi connectivity index (χ0n) is 9.15. The van der Waals surface area contributed by atoms with Gasteiger partial charge in [-0.05, 0) is 30.7 Å². The van der Waals surface area contributed by atoms with Crippen LogP contribution in [0.25, 0.3) is 11.3 Å². The van der Waals surface area contributed by atoms with Gasteiger partial charge < -0.3 is 9.72 Å². The van der Waals surface area contributed by atoms with Crippen LogP contribution < -0.4 is 10.3 Å². The molecular weight excluding hydrogens is 204 g/mol. The maximum Gasteiger partial charge on any atom is 0.251 e. The zero-order valence-corrected chi connectivity index (χ0v) is 9.15. The summed E-state index contributed by atoms with van der Waals surface area (Å²) in [4.78, 5) is 17.8. The average Bonchev–Trinajstić information content (AvgIpc) is 2.28. The third-order valence-electron chi connectivity index (χ3n) is 2.39. The first kappa shape index (κ1) is 10.4. The van der Waals surface area contributed by atoms with Crippen molar-refractivity contribution in [3.8, 4) is 17.0 Å². The Kier molecular flexibility index (Phi) is 2.72. The van der Waals surface area contributed by atoms with Gasteiger partial charge in [0.05, 0.1) is 19.1 Å². The summed E-state index contributed by atoms with van der Waals surface area (Å²) < 4.78 is 5.12. The summed E-state index contributed by atoms with van der Waals surface area (Å²) in [5, 5.41) is 0. The number of nitrogens with zero attached hydrogens (tertiary/aromatic N) is 1.